The van der Waals surface area contributed by atoms with Gasteiger partial charge < -0.3 is 19.4 Å². The fourth-order valence-corrected chi connectivity index (χ4v) is 2.80. The van der Waals surface area contributed by atoms with Gasteiger partial charge in [0.2, 0.25) is 0 Å². The number of anilines is 1. The molecule has 1 aromatic heterocycles. The van der Waals surface area contributed by atoms with E-state index in [9.17, 15) is 4.79 Å². The van der Waals surface area contributed by atoms with E-state index in [1.165, 1.54) is 0 Å². The first kappa shape index (κ1) is 16.8. The minimum atomic E-state index is -0.214. The quantitative estimate of drug-likeness (QED) is 0.774. The summed E-state index contributed by atoms with van der Waals surface area (Å²) >= 11 is 0. The minimum absolute atomic E-state index is 0.214. The summed E-state index contributed by atoms with van der Waals surface area (Å²) in [4.78, 5) is 17.2. The average molecular weight is 339 g/mol. The maximum Gasteiger partial charge on any atom is 0.255 e. The number of carbonyl (C=O) groups is 1. The molecule has 0 radical (unpaired) electrons. The molecule has 130 valence electrons. The number of aromatic nitrogens is 2. The van der Waals surface area contributed by atoms with E-state index in [0.29, 0.717) is 22.7 Å². The van der Waals surface area contributed by atoms with Crippen LogP contribution in [-0.4, -0.2) is 29.7 Å². The number of benzene rings is 2. The Kier molecular flexibility index (Phi) is 4.61. The molecule has 3 rings (SSSR count). The fraction of sp³-hybridized carbons (Fsp3) is 0.263. The summed E-state index contributed by atoms with van der Waals surface area (Å²) < 4.78 is 12.5. The highest BCUT2D eigenvalue weighted by Gasteiger charge is 2.13. The maximum absolute atomic E-state index is 12.6. The van der Waals surface area contributed by atoms with Crippen LogP contribution in [0.5, 0.6) is 11.5 Å². The van der Waals surface area contributed by atoms with E-state index in [2.05, 4.69) is 17.2 Å². The molecule has 0 fully saturated rings. The van der Waals surface area contributed by atoms with E-state index in [1.807, 2.05) is 17.7 Å². The van der Waals surface area contributed by atoms with Crippen LogP contribution < -0.4 is 14.8 Å². The van der Waals surface area contributed by atoms with E-state index in [1.54, 1.807) is 44.6 Å². The second-order valence-corrected chi connectivity index (χ2v) is 5.66. The predicted octanol–water partition coefficient (Wildman–Crippen LogP) is 3.41. The van der Waals surface area contributed by atoms with Gasteiger partial charge in [0.05, 0.1) is 30.9 Å². The van der Waals surface area contributed by atoms with Gasteiger partial charge >= 0.3 is 0 Å². The van der Waals surface area contributed by atoms with Crippen LogP contribution in [-0.2, 0) is 13.5 Å². The molecular weight excluding hydrogens is 318 g/mol. The van der Waals surface area contributed by atoms with E-state index in [4.69, 9.17) is 9.47 Å². The van der Waals surface area contributed by atoms with E-state index < -0.39 is 0 Å². The Hall–Kier alpha value is -3.02. The van der Waals surface area contributed by atoms with Crippen molar-refractivity contribution in [3.05, 3.63) is 47.8 Å². The molecular formula is C19H21N3O3. The zero-order valence-corrected chi connectivity index (χ0v) is 14.8. The molecule has 1 heterocycles. The van der Waals surface area contributed by atoms with E-state index in [-0.39, 0.29) is 5.91 Å². The lowest BCUT2D eigenvalue weighted by molar-refractivity contribution is 0.102. The number of fused-ring (bicyclic) bond motifs is 1. The first-order valence-electron chi connectivity index (χ1n) is 8.06. The number of methoxy groups -OCH3 is 2. The van der Waals surface area contributed by atoms with Crippen LogP contribution in [0.3, 0.4) is 0 Å². The lowest BCUT2D eigenvalue weighted by Gasteiger charge is -2.11. The van der Waals surface area contributed by atoms with Gasteiger partial charge in [-0.2, -0.15) is 0 Å². The number of imidazole rings is 1. The van der Waals surface area contributed by atoms with Crippen molar-refractivity contribution >= 4 is 22.6 Å². The summed E-state index contributed by atoms with van der Waals surface area (Å²) in [5, 5.41) is 2.88. The second kappa shape index (κ2) is 6.84. The summed E-state index contributed by atoms with van der Waals surface area (Å²) in [6.07, 6.45) is 0.843. The summed E-state index contributed by atoms with van der Waals surface area (Å²) in [5.41, 5.74) is 2.96. The molecule has 0 aliphatic rings. The topological polar surface area (TPSA) is 65.4 Å². The molecule has 6 heteroatoms. The molecule has 0 saturated heterocycles. The Balaban J connectivity index is 1.90. The number of ether oxygens (including phenoxy) is 2. The van der Waals surface area contributed by atoms with Gasteiger partial charge in [-0.15, -0.1) is 0 Å². The molecule has 25 heavy (non-hydrogen) atoms. The highest BCUT2D eigenvalue weighted by Crippen LogP contribution is 2.29. The molecule has 6 nitrogen and oxygen atoms in total. The molecule has 0 atom stereocenters. The first-order valence-corrected chi connectivity index (χ1v) is 8.06. The summed E-state index contributed by atoms with van der Waals surface area (Å²) in [6.45, 7) is 2.06. The van der Waals surface area contributed by atoms with Crippen LogP contribution in [0.25, 0.3) is 11.0 Å². The Morgan fingerprint density at radius 2 is 1.96 bits per heavy atom. The fourth-order valence-electron chi connectivity index (χ4n) is 2.80. The van der Waals surface area contributed by atoms with Gasteiger partial charge in [0.1, 0.15) is 17.3 Å². The third-order valence-corrected chi connectivity index (χ3v) is 4.21. The smallest absolute Gasteiger partial charge is 0.255 e. The van der Waals surface area contributed by atoms with Crippen LogP contribution in [0.15, 0.2) is 36.4 Å². The molecule has 0 aliphatic heterocycles. The molecule has 0 bridgehead atoms. The number of nitrogens with zero attached hydrogens (tertiary/aromatic N) is 2. The highest BCUT2D eigenvalue weighted by molar-refractivity contribution is 6.06. The third-order valence-electron chi connectivity index (χ3n) is 4.21. The zero-order valence-electron chi connectivity index (χ0n) is 14.8. The Labute approximate surface area is 146 Å². The molecule has 0 spiro atoms. The number of aryl methyl sites for hydroxylation is 2. The van der Waals surface area contributed by atoms with Gasteiger partial charge in [-0.25, -0.2) is 4.98 Å². The van der Waals surface area contributed by atoms with Crippen LogP contribution in [0.1, 0.15) is 23.1 Å². The van der Waals surface area contributed by atoms with Crippen LogP contribution >= 0.6 is 0 Å². The number of carbonyl (C=O) groups excluding carboxylic acids is 1. The largest absolute Gasteiger partial charge is 0.497 e. The van der Waals surface area contributed by atoms with Crippen molar-refractivity contribution in [3.63, 3.8) is 0 Å². The Morgan fingerprint density at radius 1 is 1.16 bits per heavy atom. The lowest BCUT2D eigenvalue weighted by atomic mass is 10.1. The maximum atomic E-state index is 12.6. The van der Waals surface area contributed by atoms with E-state index >= 15 is 0 Å². The van der Waals surface area contributed by atoms with Crippen molar-refractivity contribution in [1.82, 2.24) is 9.55 Å². The number of nitrogens with one attached hydrogen (secondary N) is 1. The second-order valence-electron chi connectivity index (χ2n) is 5.66. The van der Waals surface area contributed by atoms with Gasteiger partial charge in [0, 0.05) is 25.1 Å². The summed E-state index contributed by atoms with van der Waals surface area (Å²) in [6, 6.07) is 10.8. The predicted molar refractivity (Wildman–Crippen MR) is 97.6 cm³/mol. The third kappa shape index (κ3) is 3.15. The molecule has 1 amide bonds. The zero-order chi connectivity index (χ0) is 18.0. The molecule has 1 N–H and O–H groups in total. The normalized spacial score (nSPS) is 10.7. The van der Waals surface area contributed by atoms with Crippen LogP contribution in [0.2, 0.25) is 0 Å². The van der Waals surface area contributed by atoms with Crippen molar-refractivity contribution in [2.24, 2.45) is 7.05 Å². The van der Waals surface area contributed by atoms with Gasteiger partial charge in [0.25, 0.3) is 5.91 Å². The summed E-state index contributed by atoms with van der Waals surface area (Å²) in [5.74, 6) is 1.98. The average Bonchev–Trinajstić information content (AvgIpc) is 2.97. The Morgan fingerprint density at radius 3 is 2.64 bits per heavy atom. The summed E-state index contributed by atoms with van der Waals surface area (Å²) in [7, 11) is 5.12. The SMILES string of the molecule is CCc1nc2cc(C(=O)Nc3ccc(OC)cc3OC)ccc2n1C. The number of hydrogen-bond donors (Lipinski definition) is 1. The standard InChI is InChI=1S/C19H21N3O3/c1-5-18-20-15-10-12(6-9-16(15)22(18)2)19(23)21-14-8-7-13(24-3)11-17(14)25-4/h6-11H,5H2,1-4H3,(H,21,23). The van der Waals surface area contributed by atoms with Crippen molar-refractivity contribution < 1.29 is 14.3 Å². The molecule has 0 unspecified atom stereocenters. The molecule has 0 saturated carbocycles. The van der Waals surface area contributed by atoms with Gasteiger partial charge in [-0.3, -0.25) is 4.79 Å². The van der Waals surface area contributed by atoms with Crippen molar-refractivity contribution in [1.29, 1.82) is 0 Å². The van der Waals surface area contributed by atoms with Crippen molar-refractivity contribution in [3.8, 4) is 11.5 Å². The molecule has 2 aromatic carbocycles. The van der Waals surface area contributed by atoms with Gasteiger partial charge in [0.15, 0.2) is 0 Å². The van der Waals surface area contributed by atoms with Gasteiger partial charge in [-0.05, 0) is 30.3 Å². The molecule has 0 aliphatic carbocycles. The van der Waals surface area contributed by atoms with E-state index in [0.717, 1.165) is 23.3 Å². The number of hydrogen-bond acceptors (Lipinski definition) is 4. The van der Waals surface area contributed by atoms with Gasteiger partial charge in [-0.1, -0.05) is 6.92 Å². The number of rotatable bonds is 5. The van der Waals surface area contributed by atoms with Crippen molar-refractivity contribution in [2.75, 3.05) is 19.5 Å². The Bertz CT molecular complexity index is 931. The lowest BCUT2D eigenvalue weighted by Crippen LogP contribution is -2.12. The highest BCUT2D eigenvalue weighted by atomic mass is 16.5. The molecule has 3 aromatic rings. The van der Waals surface area contributed by atoms with Crippen LogP contribution in [0, 0.1) is 0 Å². The monoisotopic (exact) mass is 339 g/mol. The van der Waals surface area contributed by atoms with Crippen molar-refractivity contribution in [2.45, 2.75) is 13.3 Å². The number of amides is 1. The minimum Gasteiger partial charge on any atom is -0.497 e. The first-order chi connectivity index (χ1) is 12.1. The van der Waals surface area contributed by atoms with Crippen LogP contribution in [0.4, 0.5) is 5.69 Å².